The van der Waals surface area contributed by atoms with Crippen molar-refractivity contribution in [1.82, 2.24) is 10.3 Å². The van der Waals surface area contributed by atoms with Crippen molar-refractivity contribution in [2.75, 3.05) is 7.05 Å². The number of hydrogen-bond acceptors (Lipinski definition) is 3. The molecule has 1 aliphatic carbocycles. The van der Waals surface area contributed by atoms with Gasteiger partial charge in [0.2, 0.25) is 0 Å². The Kier molecular flexibility index (Phi) is 3.66. The first kappa shape index (κ1) is 14.7. The minimum Gasteiger partial charge on any atom is -0.305 e. The van der Waals surface area contributed by atoms with Crippen LogP contribution < -0.4 is 5.32 Å². The third-order valence-corrected chi connectivity index (χ3v) is 5.54. The minimum absolute atomic E-state index is 0.108. The van der Waals surface area contributed by atoms with E-state index in [9.17, 15) is 0 Å². The van der Waals surface area contributed by atoms with Crippen molar-refractivity contribution in [1.29, 1.82) is 0 Å². The third-order valence-electron chi connectivity index (χ3n) is 4.54. The summed E-state index contributed by atoms with van der Waals surface area (Å²) >= 11 is 1.80. The molecule has 1 aliphatic rings. The smallest absolute Gasteiger partial charge is 0.118 e. The monoisotopic (exact) mass is 300 g/mol. The Bertz CT molecular complexity index is 639. The third kappa shape index (κ3) is 2.43. The van der Waals surface area contributed by atoms with Crippen LogP contribution in [-0.2, 0) is 17.4 Å². The van der Waals surface area contributed by atoms with Gasteiger partial charge in [-0.2, -0.15) is 0 Å². The summed E-state index contributed by atoms with van der Waals surface area (Å²) in [5.41, 5.74) is 4.07. The minimum atomic E-state index is -0.108. The van der Waals surface area contributed by atoms with Crippen LogP contribution in [0.3, 0.4) is 0 Å². The van der Waals surface area contributed by atoms with E-state index >= 15 is 0 Å². The van der Waals surface area contributed by atoms with Crippen LogP contribution in [-0.4, -0.2) is 12.0 Å². The Morgan fingerprint density at radius 1 is 1.24 bits per heavy atom. The maximum Gasteiger partial charge on any atom is 0.118 e. The quantitative estimate of drug-likeness (QED) is 0.897. The Morgan fingerprint density at radius 2 is 2.00 bits per heavy atom. The highest BCUT2D eigenvalue weighted by atomic mass is 32.1. The molecule has 2 nitrogen and oxygen atoms in total. The second-order valence-corrected chi connectivity index (χ2v) is 7.81. The lowest BCUT2D eigenvalue weighted by Crippen LogP contribution is -2.44. The molecule has 1 aromatic carbocycles. The summed E-state index contributed by atoms with van der Waals surface area (Å²) in [6, 6.07) is 8.82. The van der Waals surface area contributed by atoms with E-state index in [0.29, 0.717) is 0 Å². The van der Waals surface area contributed by atoms with Gasteiger partial charge < -0.3 is 5.32 Å². The Labute approximate surface area is 131 Å². The summed E-state index contributed by atoms with van der Waals surface area (Å²) in [6.45, 7) is 6.69. The lowest BCUT2D eigenvalue weighted by atomic mass is 9.77. The fraction of sp³-hybridized carbons (Fsp3) is 0.500. The average Bonchev–Trinajstić information content (AvgIpc) is 2.97. The van der Waals surface area contributed by atoms with E-state index in [2.05, 4.69) is 62.8 Å². The van der Waals surface area contributed by atoms with Gasteiger partial charge in [0, 0.05) is 10.8 Å². The Morgan fingerprint density at radius 3 is 2.67 bits per heavy atom. The number of benzene rings is 1. The molecule has 0 bridgehead atoms. The van der Waals surface area contributed by atoms with Gasteiger partial charge >= 0.3 is 0 Å². The molecule has 0 spiro atoms. The largest absolute Gasteiger partial charge is 0.305 e. The normalized spacial score (nSPS) is 22.1. The molecule has 1 aromatic heterocycles. The fourth-order valence-corrected chi connectivity index (χ4v) is 4.53. The van der Waals surface area contributed by atoms with Crippen molar-refractivity contribution in [3.63, 3.8) is 0 Å². The van der Waals surface area contributed by atoms with Crippen LogP contribution in [0.5, 0.6) is 0 Å². The van der Waals surface area contributed by atoms with Crippen LogP contribution in [0.4, 0.5) is 0 Å². The summed E-state index contributed by atoms with van der Waals surface area (Å²) in [5.74, 6) is 0. The number of fused-ring (bicyclic) bond motifs is 1. The van der Waals surface area contributed by atoms with E-state index in [1.807, 2.05) is 0 Å². The predicted molar refractivity (Wildman–Crippen MR) is 90.0 cm³/mol. The summed E-state index contributed by atoms with van der Waals surface area (Å²) in [6.07, 6.45) is 3.51. The number of rotatable bonds is 2. The van der Waals surface area contributed by atoms with Crippen LogP contribution in [0.2, 0.25) is 0 Å². The molecule has 0 radical (unpaired) electrons. The van der Waals surface area contributed by atoms with E-state index in [0.717, 1.165) is 6.42 Å². The number of aromatic nitrogens is 1. The van der Waals surface area contributed by atoms with Crippen molar-refractivity contribution >= 4 is 11.3 Å². The lowest BCUT2D eigenvalue weighted by molar-refractivity contribution is 0.367. The molecular weight excluding hydrogens is 276 g/mol. The second-order valence-electron chi connectivity index (χ2n) is 6.95. The highest BCUT2D eigenvalue weighted by molar-refractivity contribution is 7.09. The predicted octanol–water partition coefficient (Wildman–Crippen LogP) is 4.24. The van der Waals surface area contributed by atoms with Gasteiger partial charge in [0.05, 0.1) is 11.2 Å². The zero-order valence-corrected chi connectivity index (χ0v) is 14.2. The summed E-state index contributed by atoms with van der Waals surface area (Å²) in [4.78, 5) is 5.00. The number of hydrogen-bond donors (Lipinski definition) is 1. The van der Waals surface area contributed by atoms with E-state index < -0.39 is 0 Å². The average molecular weight is 300 g/mol. The zero-order valence-electron chi connectivity index (χ0n) is 13.4. The van der Waals surface area contributed by atoms with Crippen LogP contribution in [0.15, 0.2) is 29.6 Å². The van der Waals surface area contributed by atoms with Crippen LogP contribution in [0, 0.1) is 0 Å². The number of nitrogens with one attached hydrogen (secondary N) is 1. The second kappa shape index (κ2) is 5.22. The first-order valence-corrected chi connectivity index (χ1v) is 8.59. The van der Waals surface area contributed by atoms with Gasteiger partial charge in [-0.05, 0) is 37.4 Å². The first-order chi connectivity index (χ1) is 9.97. The molecule has 0 saturated heterocycles. The molecule has 21 heavy (non-hydrogen) atoms. The van der Waals surface area contributed by atoms with Gasteiger partial charge in [-0.3, -0.25) is 0 Å². The number of thiazole rings is 1. The molecule has 2 aromatic rings. The van der Waals surface area contributed by atoms with E-state index in [1.165, 1.54) is 34.7 Å². The van der Waals surface area contributed by atoms with Crippen LogP contribution in [0.1, 0.15) is 55.4 Å². The molecule has 0 fully saturated rings. The molecular formula is C18H24N2S. The maximum atomic E-state index is 5.00. The van der Waals surface area contributed by atoms with E-state index in [1.54, 1.807) is 11.3 Å². The van der Waals surface area contributed by atoms with Gasteiger partial charge in [-0.1, -0.05) is 45.0 Å². The highest BCUT2D eigenvalue weighted by Gasteiger charge is 2.39. The van der Waals surface area contributed by atoms with Gasteiger partial charge in [0.1, 0.15) is 5.01 Å². The molecule has 1 N–H and O–H groups in total. The van der Waals surface area contributed by atoms with Gasteiger partial charge in [-0.25, -0.2) is 4.98 Å². The Balaban J connectivity index is 2.12. The first-order valence-electron chi connectivity index (χ1n) is 7.71. The standard InChI is InChI=1S/C18H24N2S/c1-17(2,3)15-12-21-16(20-15)18(19-4)11-7-9-13-8-5-6-10-14(13)18/h5-6,8,10,12,19H,7,9,11H2,1-4H3. The molecule has 1 heterocycles. The van der Waals surface area contributed by atoms with Crippen molar-refractivity contribution in [2.24, 2.45) is 0 Å². The molecule has 1 unspecified atom stereocenters. The topological polar surface area (TPSA) is 24.9 Å². The fourth-order valence-electron chi connectivity index (χ4n) is 3.24. The van der Waals surface area contributed by atoms with Crippen LogP contribution >= 0.6 is 11.3 Å². The summed E-state index contributed by atoms with van der Waals surface area (Å²) in [5, 5.41) is 7.04. The van der Waals surface area contributed by atoms with Gasteiger partial charge in [0.25, 0.3) is 0 Å². The highest BCUT2D eigenvalue weighted by Crippen LogP contribution is 2.42. The molecule has 0 amide bonds. The van der Waals surface area contributed by atoms with Crippen LogP contribution in [0.25, 0.3) is 0 Å². The molecule has 112 valence electrons. The molecule has 1 atom stereocenters. The molecule has 3 heteroatoms. The number of aryl methyl sites for hydroxylation is 1. The molecule has 0 saturated carbocycles. The zero-order chi connectivity index (χ0) is 15.1. The van der Waals surface area contributed by atoms with Gasteiger partial charge in [0.15, 0.2) is 0 Å². The van der Waals surface area contributed by atoms with Crippen molar-refractivity contribution in [3.8, 4) is 0 Å². The summed E-state index contributed by atoms with van der Waals surface area (Å²) in [7, 11) is 2.07. The van der Waals surface area contributed by atoms with E-state index in [-0.39, 0.29) is 11.0 Å². The molecule has 3 rings (SSSR count). The van der Waals surface area contributed by atoms with Crippen molar-refractivity contribution < 1.29 is 0 Å². The van der Waals surface area contributed by atoms with Gasteiger partial charge in [-0.15, -0.1) is 11.3 Å². The number of nitrogens with zero attached hydrogens (tertiary/aromatic N) is 1. The lowest BCUT2D eigenvalue weighted by Gasteiger charge is -2.37. The van der Waals surface area contributed by atoms with E-state index in [4.69, 9.17) is 4.98 Å². The summed E-state index contributed by atoms with van der Waals surface area (Å²) < 4.78 is 0. The maximum absolute atomic E-state index is 5.00. The SMILES string of the molecule is CNC1(c2nc(C(C)(C)C)cs2)CCCc2ccccc21. The van der Waals surface area contributed by atoms with Crippen molar-refractivity contribution in [2.45, 2.75) is 51.0 Å². The van der Waals surface area contributed by atoms with Crippen molar-refractivity contribution in [3.05, 3.63) is 51.5 Å². The Hall–Kier alpha value is -1.19. The molecule has 0 aliphatic heterocycles.